The van der Waals surface area contributed by atoms with Gasteiger partial charge >= 0.3 is 5.97 Å². The Hall–Kier alpha value is -1.88. The van der Waals surface area contributed by atoms with Crippen molar-refractivity contribution in [2.24, 2.45) is 0 Å². The number of aryl methyl sites for hydroxylation is 1. The molecule has 18 heavy (non-hydrogen) atoms. The Morgan fingerprint density at radius 3 is 2.83 bits per heavy atom. The first-order valence-electron chi connectivity index (χ1n) is 5.99. The van der Waals surface area contributed by atoms with Crippen molar-refractivity contribution in [3.63, 3.8) is 0 Å². The van der Waals surface area contributed by atoms with E-state index < -0.39 is 0 Å². The van der Waals surface area contributed by atoms with Crippen LogP contribution >= 0.6 is 0 Å². The van der Waals surface area contributed by atoms with Gasteiger partial charge in [-0.2, -0.15) is 5.10 Å². The van der Waals surface area contributed by atoms with Crippen LogP contribution in [0.4, 0.5) is 0 Å². The van der Waals surface area contributed by atoms with Gasteiger partial charge in [-0.15, -0.1) is 0 Å². The standard InChI is InChI=1S/C13H16N2O3/c1-3-10-12(13(17)18-4-2)11-6-5-9(8-16)7-15(11)14-10/h5-7,16H,3-4,8H2,1-2H3. The molecule has 0 amide bonds. The Morgan fingerprint density at radius 1 is 1.44 bits per heavy atom. The summed E-state index contributed by atoms with van der Waals surface area (Å²) < 4.78 is 6.67. The molecule has 96 valence electrons. The summed E-state index contributed by atoms with van der Waals surface area (Å²) in [7, 11) is 0. The van der Waals surface area contributed by atoms with E-state index in [0.29, 0.717) is 29.8 Å². The van der Waals surface area contributed by atoms with E-state index in [1.165, 1.54) is 0 Å². The molecule has 0 saturated heterocycles. The molecule has 0 aliphatic heterocycles. The minimum atomic E-state index is -0.346. The predicted octanol–water partition coefficient (Wildman–Crippen LogP) is 1.57. The molecule has 0 aliphatic carbocycles. The third-order valence-electron chi connectivity index (χ3n) is 2.76. The number of aliphatic hydroxyl groups excluding tert-OH is 1. The number of fused-ring (bicyclic) bond motifs is 1. The molecule has 5 heteroatoms. The lowest BCUT2D eigenvalue weighted by molar-refractivity contribution is 0.0527. The monoisotopic (exact) mass is 248 g/mol. The minimum Gasteiger partial charge on any atom is -0.462 e. The second-order valence-electron chi connectivity index (χ2n) is 3.92. The topological polar surface area (TPSA) is 63.8 Å². The lowest BCUT2D eigenvalue weighted by Crippen LogP contribution is -2.06. The molecule has 0 aliphatic rings. The summed E-state index contributed by atoms with van der Waals surface area (Å²) in [5.74, 6) is -0.346. The van der Waals surface area contributed by atoms with Crippen molar-refractivity contribution >= 4 is 11.5 Å². The van der Waals surface area contributed by atoms with Gasteiger partial charge in [0.05, 0.1) is 24.4 Å². The molecular weight excluding hydrogens is 232 g/mol. The number of ether oxygens (including phenoxy) is 1. The summed E-state index contributed by atoms with van der Waals surface area (Å²) in [6.07, 6.45) is 2.38. The summed E-state index contributed by atoms with van der Waals surface area (Å²) in [4.78, 5) is 11.9. The van der Waals surface area contributed by atoms with Gasteiger partial charge < -0.3 is 9.84 Å². The fourth-order valence-electron chi connectivity index (χ4n) is 1.91. The van der Waals surface area contributed by atoms with Crippen LogP contribution < -0.4 is 0 Å². The van der Waals surface area contributed by atoms with Crippen LogP contribution in [-0.4, -0.2) is 27.3 Å². The molecule has 0 saturated carbocycles. The average Bonchev–Trinajstić information content (AvgIpc) is 2.76. The number of rotatable bonds is 4. The first-order valence-corrected chi connectivity index (χ1v) is 5.99. The number of hydrogen-bond acceptors (Lipinski definition) is 4. The normalized spacial score (nSPS) is 10.8. The Labute approximate surface area is 105 Å². The Bertz CT molecular complexity index is 575. The summed E-state index contributed by atoms with van der Waals surface area (Å²) >= 11 is 0. The summed E-state index contributed by atoms with van der Waals surface area (Å²) in [6.45, 7) is 4.01. The molecule has 2 aromatic rings. The molecular formula is C13H16N2O3. The van der Waals surface area contributed by atoms with E-state index in [-0.39, 0.29) is 12.6 Å². The van der Waals surface area contributed by atoms with E-state index in [1.54, 1.807) is 29.8 Å². The van der Waals surface area contributed by atoms with Gasteiger partial charge in [0.1, 0.15) is 5.56 Å². The smallest absolute Gasteiger partial charge is 0.342 e. The highest BCUT2D eigenvalue weighted by Gasteiger charge is 2.19. The highest BCUT2D eigenvalue weighted by Crippen LogP contribution is 2.18. The van der Waals surface area contributed by atoms with Crippen LogP contribution in [0.15, 0.2) is 18.3 Å². The Morgan fingerprint density at radius 2 is 2.22 bits per heavy atom. The number of aromatic nitrogens is 2. The van der Waals surface area contributed by atoms with Gasteiger partial charge in [-0.3, -0.25) is 0 Å². The zero-order valence-electron chi connectivity index (χ0n) is 10.5. The molecule has 1 N–H and O–H groups in total. The fourth-order valence-corrected chi connectivity index (χ4v) is 1.91. The van der Waals surface area contributed by atoms with Crippen LogP contribution in [0.25, 0.3) is 5.52 Å². The zero-order chi connectivity index (χ0) is 13.1. The van der Waals surface area contributed by atoms with E-state index in [0.717, 1.165) is 5.56 Å². The van der Waals surface area contributed by atoms with E-state index in [4.69, 9.17) is 9.84 Å². The van der Waals surface area contributed by atoms with Crippen LogP contribution in [0.3, 0.4) is 0 Å². The molecule has 2 heterocycles. The molecule has 5 nitrogen and oxygen atoms in total. The lowest BCUT2D eigenvalue weighted by atomic mass is 10.1. The maximum absolute atomic E-state index is 11.9. The number of hydrogen-bond donors (Lipinski definition) is 1. The van der Waals surface area contributed by atoms with Crippen molar-refractivity contribution < 1.29 is 14.6 Å². The van der Waals surface area contributed by atoms with Crippen LogP contribution in [0, 0.1) is 0 Å². The first kappa shape index (κ1) is 12.6. The fraction of sp³-hybridized carbons (Fsp3) is 0.385. The molecule has 0 atom stereocenters. The lowest BCUT2D eigenvalue weighted by Gasteiger charge is -2.02. The van der Waals surface area contributed by atoms with Gasteiger partial charge in [0.2, 0.25) is 0 Å². The van der Waals surface area contributed by atoms with E-state index in [9.17, 15) is 4.79 Å². The van der Waals surface area contributed by atoms with E-state index in [1.807, 2.05) is 6.92 Å². The molecule has 2 aromatic heterocycles. The van der Waals surface area contributed by atoms with Gasteiger partial charge in [-0.05, 0) is 25.0 Å². The summed E-state index contributed by atoms with van der Waals surface area (Å²) in [5.41, 5.74) is 2.69. The van der Waals surface area contributed by atoms with Crippen LogP contribution in [0.5, 0.6) is 0 Å². The van der Waals surface area contributed by atoms with Crippen molar-refractivity contribution in [3.05, 3.63) is 35.2 Å². The number of carbonyl (C=O) groups excluding carboxylic acids is 1. The number of esters is 1. The van der Waals surface area contributed by atoms with Crippen molar-refractivity contribution in [1.29, 1.82) is 0 Å². The zero-order valence-corrected chi connectivity index (χ0v) is 10.5. The average molecular weight is 248 g/mol. The number of aliphatic hydroxyl groups is 1. The molecule has 0 spiro atoms. The summed E-state index contributed by atoms with van der Waals surface area (Å²) in [6, 6.07) is 3.56. The van der Waals surface area contributed by atoms with Crippen LogP contribution in [0.1, 0.15) is 35.5 Å². The SMILES string of the molecule is CCOC(=O)c1c(CC)nn2cc(CO)ccc12. The molecule has 0 radical (unpaired) electrons. The van der Waals surface area contributed by atoms with Crippen molar-refractivity contribution in [3.8, 4) is 0 Å². The largest absolute Gasteiger partial charge is 0.462 e. The van der Waals surface area contributed by atoms with Gasteiger partial charge in [-0.25, -0.2) is 9.31 Å². The van der Waals surface area contributed by atoms with Crippen molar-refractivity contribution in [2.75, 3.05) is 6.61 Å². The maximum Gasteiger partial charge on any atom is 0.342 e. The first-order chi connectivity index (χ1) is 8.71. The van der Waals surface area contributed by atoms with Crippen molar-refractivity contribution in [2.45, 2.75) is 26.9 Å². The predicted molar refractivity (Wildman–Crippen MR) is 66.4 cm³/mol. The number of nitrogens with zero attached hydrogens (tertiary/aromatic N) is 2. The van der Waals surface area contributed by atoms with E-state index in [2.05, 4.69) is 5.10 Å². The second-order valence-corrected chi connectivity index (χ2v) is 3.92. The maximum atomic E-state index is 11.9. The van der Waals surface area contributed by atoms with Gasteiger partial charge in [-0.1, -0.05) is 13.0 Å². The van der Waals surface area contributed by atoms with E-state index >= 15 is 0 Å². The van der Waals surface area contributed by atoms with Crippen molar-refractivity contribution in [1.82, 2.24) is 9.61 Å². The third kappa shape index (κ3) is 2.09. The molecule has 0 aromatic carbocycles. The quantitative estimate of drug-likeness (QED) is 0.834. The van der Waals surface area contributed by atoms with Crippen LogP contribution in [-0.2, 0) is 17.8 Å². The molecule has 0 unspecified atom stereocenters. The van der Waals surface area contributed by atoms with Crippen LogP contribution in [0.2, 0.25) is 0 Å². The number of pyridine rings is 1. The Kier molecular flexibility index (Phi) is 3.62. The van der Waals surface area contributed by atoms with Gasteiger partial charge in [0.15, 0.2) is 0 Å². The highest BCUT2D eigenvalue weighted by molar-refractivity contribution is 5.98. The molecule has 0 bridgehead atoms. The molecule has 2 rings (SSSR count). The summed E-state index contributed by atoms with van der Waals surface area (Å²) in [5, 5.41) is 13.4. The van der Waals surface area contributed by atoms with Gasteiger partial charge in [0.25, 0.3) is 0 Å². The second kappa shape index (κ2) is 5.18. The third-order valence-corrected chi connectivity index (χ3v) is 2.76. The Balaban J connectivity index is 2.59. The number of carbonyl (C=O) groups is 1. The van der Waals surface area contributed by atoms with Gasteiger partial charge in [0, 0.05) is 6.20 Å². The molecule has 0 fully saturated rings. The minimum absolute atomic E-state index is 0.0496. The highest BCUT2D eigenvalue weighted by atomic mass is 16.5.